The minimum Gasteiger partial charge on any atom is -0.788 e. The average molecular weight is 398 g/mol. The summed E-state index contributed by atoms with van der Waals surface area (Å²) in [6.45, 7) is 0. The molecule has 0 fully saturated rings. The molecule has 3 N–H and O–H groups in total. The minimum atomic E-state index is -5.09. The van der Waals surface area contributed by atoms with Crippen molar-refractivity contribution in [2.45, 2.75) is 0 Å². The second-order valence-corrected chi connectivity index (χ2v) is 4.76. The molecule has 0 unspecified atom stereocenters. The van der Waals surface area contributed by atoms with Gasteiger partial charge in [0.1, 0.15) is 0 Å². The molecule has 0 aliphatic rings. The van der Waals surface area contributed by atoms with Gasteiger partial charge in [0.05, 0.1) is 23.5 Å². The number of rotatable bonds is 3. The van der Waals surface area contributed by atoms with Gasteiger partial charge in [-0.2, -0.15) is 0 Å². The second kappa shape index (κ2) is 15.0. The van der Waals surface area contributed by atoms with E-state index in [-0.39, 0.29) is 19.8 Å². The molecule has 0 aliphatic carbocycles. The maximum Gasteiger partial charge on any atom is 3.00 e. The molecule has 0 atom stereocenters. The Balaban J connectivity index is -0.0000000536. The summed E-state index contributed by atoms with van der Waals surface area (Å²) in [4.78, 5) is 54.0. The van der Waals surface area contributed by atoms with Gasteiger partial charge in [-0.3, -0.25) is 0 Å². The summed E-state index contributed by atoms with van der Waals surface area (Å²) in [6, 6.07) is 0. The standard InChI is InChI=1S/3H3O5P.2P/c3*1-5-6(2,3)4;;/h3*1H,(H2,2,3,4);;/q;;;2*+3/p-6. The predicted octanol–water partition coefficient (Wildman–Crippen LogP) is -3.36. The SMILES string of the molecule is O=P([O-])([O-])OO.O=P([O-])([O-])OO.O=P([O-])([O-])OO.[P+3].[P+3]. The number of hydrogen-bond acceptors (Lipinski definition) is 15. The van der Waals surface area contributed by atoms with E-state index in [0.717, 1.165) is 0 Å². The quantitative estimate of drug-likeness (QED) is 0.238. The van der Waals surface area contributed by atoms with Crippen molar-refractivity contribution in [1.82, 2.24) is 0 Å². The van der Waals surface area contributed by atoms with Gasteiger partial charge in [-0.15, -0.1) is 0 Å². The largest absolute Gasteiger partial charge is 3.00 e. The van der Waals surface area contributed by atoms with Gasteiger partial charge in [-0.1, -0.05) is 0 Å². The van der Waals surface area contributed by atoms with Crippen molar-refractivity contribution in [3.05, 3.63) is 0 Å². The monoisotopic (exact) mass is 398 g/mol. The third kappa shape index (κ3) is 61.4. The summed E-state index contributed by atoms with van der Waals surface area (Å²) >= 11 is 0. The van der Waals surface area contributed by atoms with Gasteiger partial charge in [-0.05, 0) is 0 Å². The predicted molar refractivity (Wildman–Crippen MR) is 47.8 cm³/mol. The van der Waals surface area contributed by atoms with Crippen LogP contribution in [0.2, 0.25) is 0 Å². The first-order chi connectivity index (χ1) is 7.68. The normalized spacial score (nSPS) is 10.7. The molecule has 15 nitrogen and oxygen atoms in total. The van der Waals surface area contributed by atoms with Crippen molar-refractivity contribution >= 4 is 43.3 Å². The van der Waals surface area contributed by atoms with Crippen molar-refractivity contribution in [3.63, 3.8) is 0 Å². The van der Waals surface area contributed by atoms with E-state index in [4.69, 9.17) is 58.8 Å². The Morgan fingerprint density at radius 1 is 0.550 bits per heavy atom. The Hall–Kier alpha value is 1.07. The van der Waals surface area contributed by atoms with Crippen LogP contribution in [-0.4, -0.2) is 15.8 Å². The first kappa shape index (κ1) is 32.9. The zero-order valence-electron chi connectivity index (χ0n) is 8.48. The molecule has 0 amide bonds. The average Bonchev–Trinajstić information content (AvgIpc) is 2.16. The van der Waals surface area contributed by atoms with Crippen LogP contribution in [0.5, 0.6) is 0 Å². The van der Waals surface area contributed by atoms with Crippen LogP contribution in [0.1, 0.15) is 0 Å². The molecule has 0 aromatic rings. The summed E-state index contributed by atoms with van der Waals surface area (Å²) in [5.74, 6) is 0. The third-order valence-corrected chi connectivity index (χ3v) is 0.900. The van der Waals surface area contributed by atoms with E-state index in [0.29, 0.717) is 0 Å². The van der Waals surface area contributed by atoms with E-state index in [2.05, 4.69) is 14.0 Å². The maximum absolute atomic E-state index is 9.00. The molecule has 0 heterocycles. The van der Waals surface area contributed by atoms with E-state index < -0.39 is 23.5 Å². The van der Waals surface area contributed by atoms with Crippen LogP contribution < -0.4 is 29.4 Å². The van der Waals surface area contributed by atoms with Crippen molar-refractivity contribution in [2.75, 3.05) is 0 Å². The van der Waals surface area contributed by atoms with Gasteiger partial charge in [0.25, 0.3) is 0 Å². The molecule has 20 heavy (non-hydrogen) atoms. The molecule has 0 saturated heterocycles. The summed E-state index contributed by atoms with van der Waals surface area (Å²) < 4.78 is 34.1. The van der Waals surface area contributed by atoms with Gasteiger partial charge in [0, 0.05) is 0 Å². The fraction of sp³-hybridized carbons (Fsp3) is 0. The van der Waals surface area contributed by atoms with Crippen LogP contribution in [-0.2, 0) is 27.7 Å². The van der Waals surface area contributed by atoms with Crippen molar-refractivity contribution < 1.29 is 72.9 Å². The fourth-order valence-electron chi connectivity index (χ4n) is 0. The van der Waals surface area contributed by atoms with Crippen LogP contribution >= 0.6 is 43.3 Å². The second-order valence-electron chi connectivity index (χ2n) is 1.59. The smallest absolute Gasteiger partial charge is 0.788 e. The van der Waals surface area contributed by atoms with Gasteiger partial charge in [0.2, 0.25) is 0 Å². The fourth-order valence-corrected chi connectivity index (χ4v) is 0. The van der Waals surface area contributed by atoms with Crippen molar-refractivity contribution in [2.24, 2.45) is 0 Å². The Morgan fingerprint density at radius 3 is 0.600 bits per heavy atom. The molecule has 0 aliphatic heterocycles. The van der Waals surface area contributed by atoms with E-state index in [1.807, 2.05) is 0 Å². The Kier molecular flexibility index (Phi) is 24.6. The van der Waals surface area contributed by atoms with Gasteiger partial charge in [-0.25, -0.2) is 29.8 Å². The van der Waals surface area contributed by atoms with Crippen LogP contribution in [0.4, 0.5) is 0 Å². The molecule has 0 saturated carbocycles. The summed E-state index contributed by atoms with van der Waals surface area (Å²) in [7, 11) is -15.3. The molecule has 4 radical (unpaired) electrons. The zero-order chi connectivity index (χ0) is 15.6. The summed E-state index contributed by atoms with van der Waals surface area (Å²) in [5.41, 5.74) is 0. The van der Waals surface area contributed by atoms with Gasteiger partial charge < -0.3 is 43.1 Å². The molecular weight excluding hydrogens is 395 g/mol. The molecule has 0 rings (SSSR count). The van der Waals surface area contributed by atoms with Crippen LogP contribution in [0.15, 0.2) is 0 Å². The van der Waals surface area contributed by atoms with E-state index >= 15 is 0 Å². The third-order valence-electron chi connectivity index (χ3n) is 0.300. The van der Waals surface area contributed by atoms with E-state index in [1.165, 1.54) is 0 Å². The molecular formula is H3O15P5. The molecule has 0 aromatic carbocycles. The molecule has 118 valence electrons. The molecule has 0 bridgehead atoms. The maximum atomic E-state index is 9.00. The summed E-state index contributed by atoms with van der Waals surface area (Å²) in [5, 5.41) is 21.0. The first-order valence-corrected chi connectivity index (χ1v) is 7.12. The van der Waals surface area contributed by atoms with Gasteiger partial charge >= 0.3 is 19.8 Å². The van der Waals surface area contributed by atoms with Gasteiger partial charge in [0.15, 0.2) is 0 Å². The van der Waals surface area contributed by atoms with Crippen LogP contribution in [0.25, 0.3) is 0 Å². The van der Waals surface area contributed by atoms with Crippen molar-refractivity contribution in [3.8, 4) is 0 Å². The first-order valence-electron chi connectivity index (χ1n) is 2.74. The zero-order valence-corrected chi connectivity index (χ0v) is 12.9. The molecule has 0 spiro atoms. The summed E-state index contributed by atoms with van der Waals surface area (Å²) in [6.07, 6.45) is 0. The van der Waals surface area contributed by atoms with Crippen molar-refractivity contribution in [1.29, 1.82) is 0 Å². The van der Waals surface area contributed by atoms with E-state index in [1.54, 1.807) is 0 Å². The molecule has 20 heteroatoms. The topological polar surface area (TPSA) is 278 Å². The Labute approximate surface area is 117 Å². The minimum absolute atomic E-state index is 0. The Morgan fingerprint density at radius 2 is 0.600 bits per heavy atom. The molecule has 0 aromatic heterocycles. The number of phosphoric acid groups is 3. The van der Waals surface area contributed by atoms with E-state index in [9.17, 15) is 0 Å². The van der Waals surface area contributed by atoms with Crippen LogP contribution in [0.3, 0.4) is 0 Å². The number of hydrogen-bond donors (Lipinski definition) is 3. The van der Waals surface area contributed by atoms with Crippen LogP contribution in [0, 0.1) is 0 Å². The Bertz CT molecular complexity index is 261.